The van der Waals surface area contributed by atoms with Crippen molar-refractivity contribution >= 4 is 11.7 Å². The highest BCUT2D eigenvalue weighted by atomic mass is 16.2. The van der Waals surface area contributed by atoms with Crippen molar-refractivity contribution in [3.63, 3.8) is 0 Å². The van der Waals surface area contributed by atoms with Crippen molar-refractivity contribution in [2.75, 3.05) is 5.32 Å². The molecule has 0 unspecified atom stereocenters. The van der Waals surface area contributed by atoms with Gasteiger partial charge in [-0.25, -0.2) is 4.79 Å². The molecule has 4 heteroatoms. The van der Waals surface area contributed by atoms with Crippen molar-refractivity contribution in [1.29, 1.82) is 0 Å². The first kappa shape index (κ1) is 16.3. The maximum Gasteiger partial charge on any atom is 0.319 e. The summed E-state index contributed by atoms with van der Waals surface area (Å²) in [6.07, 6.45) is 2.81. The number of anilines is 1. The van der Waals surface area contributed by atoms with Crippen LogP contribution in [0, 0.1) is 6.92 Å². The minimum Gasteiger partial charge on any atom is -0.334 e. The van der Waals surface area contributed by atoms with Crippen LogP contribution in [-0.4, -0.2) is 17.1 Å². The molecule has 0 radical (unpaired) electrons. The summed E-state index contributed by atoms with van der Waals surface area (Å²) in [6, 6.07) is 22.3. The number of pyridine rings is 1. The molecule has 4 rings (SSSR count). The fourth-order valence-corrected chi connectivity index (χ4v) is 3.23. The van der Waals surface area contributed by atoms with Crippen LogP contribution in [0.3, 0.4) is 0 Å². The molecule has 2 atom stereocenters. The van der Waals surface area contributed by atoms with Crippen molar-refractivity contribution in [3.8, 4) is 11.1 Å². The number of benzene rings is 2. The van der Waals surface area contributed by atoms with Gasteiger partial charge in [-0.3, -0.25) is 4.98 Å². The van der Waals surface area contributed by atoms with E-state index in [2.05, 4.69) is 27.8 Å². The lowest BCUT2D eigenvalue weighted by Gasteiger charge is -2.09. The number of carbonyl (C=O) groups excluding carboxylic acids is 1. The standard InChI is InChI=1S/C22H21N3O/c1-15-13-18(11-12-23-15)16-7-9-19(10-8-16)24-22(26)25-21-14-20(21)17-5-3-2-4-6-17/h2-13,20-21H,14H2,1H3,(H2,24,25,26)/t20-,21+/m0/s1. The van der Waals surface area contributed by atoms with E-state index in [0.29, 0.717) is 5.92 Å². The van der Waals surface area contributed by atoms with Crippen LogP contribution >= 0.6 is 0 Å². The van der Waals surface area contributed by atoms with E-state index < -0.39 is 0 Å². The lowest BCUT2D eigenvalue weighted by Crippen LogP contribution is -2.31. The molecular weight excluding hydrogens is 322 g/mol. The van der Waals surface area contributed by atoms with Crippen LogP contribution in [-0.2, 0) is 0 Å². The first-order valence-electron chi connectivity index (χ1n) is 8.84. The minimum atomic E-state index is -0.152. The maximum absolute atomic E-state index is 12.2. The summed E-state index contributed by atoms with van der Waals surface area (Å²) in [6.45, 7) is 1.98. The van der Waals surface area contributed by atoms with Gasteiger partial charge in [0.1, 0.15) is 0 Å². The molecule has 0 aliphatic heterocycles. The number of nitrogens with zero attached hydrogens (tertiary/aromatic N) is 1. The Morgan fingerprint density at radius 1 is 1.00 bits per heavy atom. The number of urea groups is 1. The summed E-state index contributed by atoms with van der Waals surface area (Å²) in [5.41, 5.74) is 5.29. The van der Waals surface area contributed by atoms with Crippen LogP contribution in [0.5, 0.6) is 0 Å². The van der Waals surface area contributed by atoms with E-state index in [1.165, 1.54) is 5.56 Å². The van der Waals surface area contributed by atoms with E-state index >= 15 is 0 Å². The lowest BCUT2D eigenvalue weighted by atomic mass is 10.1. The van der Waals surface area contributed by atoms with E-state index in [1.807, 2.05) is 67.7 Å². The van der Waals surface area contributed by atoms with Gasteiger partial charge in [0, 0.05) is 29.5 Å². The molecular formula is C22H21N3O. The summed E-state index contributed by atoms with van der Waals surface area (Å²) in [7, 11) is 0. The van der Waals surface area contributed by atoms with Crippen LogP contribution in [0.2, 0.25) is 0 Å². The molecule has 1 heterocycles. The summed E-state index contributed by atoms with van der Waals surface area (Å²) >= 11 is 0. The average Bonchev–Trinajstić information content (AvgIpc) is 3.42. The quantitative estimate of drug-likeness (QED) is 0.719. The summed E-state index contributed by atoms with van der Waals surface area (Å²) in [5, 5.41) is 5.96. The Labute approximate surface area is 153 Å². The minimum absolute atomic E-state index is 0.152. The van der Waals surface area contributed by atoms with Crippen molar-refractivity contribution in [2.45, 2.75) is 25.3 Å². The number of rotatable bonds is 4. The summed E-state index contributed by atoms with van der Waals surface area (Å²) < 4.78 is 0. The molecule has 2 aromatic carbocycles. The fourth-order valence-electron chi connectivity index (χ4n) is 3.23. The van der Waals surface area contributed by atoms with Crippen LogP contribution in [0.1, 0.15) is 23.6 Å². The van der Waals surface area contributed by atoms with Gasteiger partial charge in [-0.2, -0.15) is 0 Å². The van der Waals surface area contributed by atoms with Gasteiger partial charge >= 0.3 is 6.03 Å². The van der Waals surface area contributed by atoms with Gasteiger partial charge in [0.2, 0.25) is 0 Å². The molecule has 0 saturated heterocycles. The zero-order valence-corrected chi connectivity index (χ0v) is 14.6. The molecule has 1 saturated carbocycles. The van der Waals surface area contributed by atoms with E-state index in [1.54, 1.807) is 0 Å². The van der Waals surface area contributed by atoms with E-state index in [-0.39, 0.29) is 12.1 Å². The molecule has 4 nitrogen and oxygen atoms in total. The molecule has 0 bridgehead atoms. The van der Waals surface area contributed by atoms with Crippen LogP contribution < -0.4 is 10.6 Å². The normalized spacial score (nSPS) is 18.2. The number of amides is 2. The van der Waals surface area contributed by atoms with Gasteiger partial charge in [0.25, 0.3) is 0 Å². The van der Waals surface area contributed by atoms with E-state index in [9.17, 15) is 4.79 Å². The second kappa shape index (κ2) is 7.00. The number of carbonyl (C=O) groups is 1. The van der Waals surface area contributed by atoms with Crippen LogP contribution in [0.25, 0.3) is 11.1 Å². The second-order valence-electron chi connectivity index (χ2n) is 6.72. The van der Waals surface area contributed by atoms with Crippen LogP contribution in [0.15, 0.2) is 72.9 Å². The summed E-state index contributed by atoms with van der Waals surface area (Å²) in [5.74, 6) is 0.430. The van der Waals surface area contributed by atoms with E-state index in [4.69, 9.17) is 0 Å². The largest absolute Gasteiger partial charge is 0.334 e. The van der Waals surface area contributed by atoms with Crippen molar-refractivity contribution in [1.82, 2.24) is 10.3 Å². The molecule has 1 aliphatic rings. The predicted octanol–water partition coefficient (Wildman–Crippen LogP) is 4.73. The smallest absolute Gasteiger partial charge is 0.319 e. The molecule has 1 aromatic heterocycles. The van der Waals surface area contributed by atoms with Crippen molar-refractivity contribution < 1.29 is 4.79 Å². The predicted molar refractivity (Wildman–Crippen MR) is 104 cm³/mol. The maximum atomic E-state index is 12.2. The lowest BCUT2D eigenvalue weighted by molar-refractivity contribution is 0.251. The van der Waals surface area contributed by atoms with Gasteiger partial charge in [0.15, 0.2) is 0 Å². The number of nitrogens with one attached hydrogen (secondary N) is 2. The van der Waals surface area contributed by atoms with E-state index in [0.717, 1.165) is 28.9 Å². The number of aromatic nitrogens is 1. The topological polar surface area (TPSA) is 54.0 Å². The molecule has 1 fully saturated rings. The molecule has 0 spiro atoms. The number of hydrogen-bond donors (Lipinski definition) is 2. The molecule has 1 aliphatic carbocycles. The molecule has 2 N–H and O–H groups in total. The Bertz CT molecular complexity index is 906. The second-order valence-corrected chi connectivity index (χ2v) is 6.72. The zero-order valence-electron chi connectivity index (χ0n) is 14.6. The molecule has 26 heavy (non-hydrogen) atoms. The Hall–Kier alpha value is -3.14. The first-order chi connectivity index (χ1) is 12.7. The third-order valence-corrected chi connectivity index (χ3v) is 4.71. The third kappa shape index (κ3) is 3.75. The van der Waals surface area contributed by atoms with Gasteiger partial charge in [-0.1, -0.05) is 42.5 Å². The highest BCUT2D eigenvalue weighted by molar-refractivity contribution is 5.90. The van der Waals surface area contributed by atoms with Gasteiger partial charge in [-0.15, -0.1) is 0 Å². The van der Waals surface area contributed by atoms with Crippen molar-refractivity contribution in [3.05, 3.63) is 84.2 Å². The highest BCUT2D eigenvalue weighted by Crippen LogP contribution is 2.40. The Morgan fingerprint density at radius 3 is 2.50 bits per heavy atom. The first-order valence-corrected chi connectivity index (χ1v) is 8.84. The highest BCUT2D eigenvalue weighted by Gasteiger charge is 2.39. The van der Waals surface area contributed by atoms with Crippen molar-refractivity contribution in [2.24, 2.45) is 0 Å². The monoisotopic (exact) mass is 343 g/mol. The molecule has 3 aromatic rings. The van der Waals surface area contributed by atoms with Gasteiger partial charge in [-0.05, 0) is 54.3 Å². The van der Waals surface area contributed by atoms with Gasteiger partial charge < -0.3 is 10.6 Å². The fraction of sp³-hybridized carbons (Fsp3) is 0.182. The number of aryl methyl sites for hydroxylation is 1. The Balaban J connectivity index is 1.34. The average molecular weight is 343 g/mol. The number of hydrogen-bond acceptors (Lipinski definition) is 2. The summed E-state index contributed by atoms with van der Waals surface area (Å²) in [4.78, 5) is 16.4. The van der Waals surface area contributed by atoms with Gasteiger partial charge in [0.05, 0.1) is 0 Å². The molecule has 130 valence electrons. The Morgan fingerprint density at radius 2 is 1.77 bits per heavy atom. The SMILES string of the molecule is Cc1cc(-c2ccc(NC(=O)N[C@@H]3C[C@H]3c3ccccc3)cc2)ccn1. The van der Waals surface area contributed by atoms with Crippen LogP contribution in [0.4, 0.5) is 10.5 Å². The third-order valence-electron chi connectivity index (χ3n) is 4.71. The molecule has 2 amide bonds. The zero-order chi connectivity index (χ0) is 17.9. The Kier molecular flexibility index (Phi) is 4.40.